The van der Waals surface area contributed by atoms with Crippen molar-refractivity contribution in [2.24, 2.45) is 0 Å². The van der Waals surface area contributed by atoms with Crippen molar-refractivity contribution in [3.63, 3.8) is 0 Å². The van der Waals surface area contributed by atoms with Crippen LogP contribution in [0.2, 0.25) is 0 Å². The average molecular weight is 353 g/mol. The van der Waals surface area contributed by atoms with Crippen molar-refractivity contribution in [2.75, 3.05) is 44.2 Å². The molecule has 1 aliphatic carbocycles. The third kappa shape index (κ3) is 4.17. The molecular formula is C21H27N3O2. The van der Waals surface area contributed by atoms with Gasteiger partial charge in [0.25, 0.3) is 0 Å². The number of aromatic nitrogens is 1. The highest BCUT2D eigenvalue weighted by Gasteiger charge is 2.20. The SMILES string of the molecule is O[C@H](COc1ccc2c(c1)CCC2)CN1CCN(c2ccccn2)CC1. The summed E-state index contributed by atoms with van der Waals surface area (Å²) in [6, 6.07) is 12.4. The van der Waals surface area contributed by atoms with Crippen LogP contribution in [0.15, 0.2) is 42.6 Å². The van der Waals surface area contributed by atoms with E-state index in [1.807, 2.05) is 24.4 Å². The van der Waals surface area contributed by atoms with Crippen molar-refractivity contribution in [1.82, 2.24) is 9.88 Å². The molecule has 138 valence electrons. The number of β-amino-alcohol motifs (C(OH)–C–C–N with tert-alkyl or cyclic N) is 1. The third-order valence-corrected chi connectivity index (χ3v) is 5.33. The molecule has 0 radical (unpaired) electrons. The van der Waals surface area contributed by atoms with Crippen molar-refractivity contribution >= 4 is 5.82 Å². The first-order chi connectivity index (χ1) is 12.8. The fourth-order valence-corrected chi connectivity index (χ4v) is 3.88. The second-order valence-electron chi connectivity index (χ2n) is 7.22. The van der Waals surface area contributed by atoms with Gasteiger partial charge in [-0.2, -0.15) is 0 Å². The molecule has 2 aliphatic rings. The van der Waals surface area contributed by atoms with Gasteiger partial charge in [0.1, 0.15) is 24.3 Å². The van der Waals surface area contributed by atoms with Gasteiger partial charge in [-0.25, -0.2) is 4.98 Å². The minimum absolute atomic E-state index is 0.346. The Morgan fingerprint density at radius 1 is 1.04 bits per heavy atom. The lowest BCUT2D eigenvalue weighted by molar-refractivity contribution is 0.0662. The minimum atomic E-state index is -0.468. The summed E-state index contributed by atoms with van der Waals surface area (Å²) in [6.45, 7) is 4.75. The van der Waals surface area contributed by atoms with E-state index in [1.165, 1.54) is 24.0 Å². The van der Waals surface area contributed by atoms with Crippen LogP contribution in [-0.4, -0.2) is 60.4 Å². The Labute approximate surface area is 155 Å². The lowest BCUT2D eigenvalue weighted by Gasteiger charge is -2.36. The number of piperazine rings is 1. The summed E-state index contributed by atoms with van der Waals surface area (Å²) >= 11 is 0. The summed E-state index contributed by atoms with van der Waals surface area (Å²) in [7, 11) is 0. The molecule has 1 fully saturated rings. The molecule has 1 aliphatic heterocycles. The number of ether oxygens (including phenoxy) is 1. The van der Waals surface area contributed by atoms with Gasteiger partial charge in [0, 0.05) is 38.9 Å². The number of rotatable bonds is 6. The molecule has 1 N–H and O–H groups in total. The summed E-state index contributed by atoms with van der Waals surface area (Å²) in [5, 5.41) is 10.3. The largest absolute Gasteiger partial charge is 0.491 e. The molecule has 2 heterocycles. The van der Waals surface area contributed by atoms with E-state index in [0.29, 0.717) is 13.2 Å². The number of aliphatic hydroxyl groups excluding tert-OH is 1. The second kappa shape index (κ2) is 8.06. The molecule has 1 atom stereocenters. The monoisotopic (exact) mass is 353 g/mol. The van der Waals surface area contributed by atoms with Gasteiger partial charge in [-0.3, -0.25) is 4.90 Å². The molecule has 5 heteroatoms. The van der Waals surface area contributed by atoms with Crippen molar-refractivity contribution in [3.05, 3.63) is 53.7 Å². The number of hydrogen-bond donors (Lipinski definition) is 1. The molecule has 0 unspecified atom stereocenters. The van der Waals surface area contributed by atoms with Crippen molar-refractivity contribution in [2.45, 2.75) is 25.4 Å². The van der Waals surface area contributed by atoms with Gasteiger partial charge >= 0.3 is 0 Å². The van der Waals surface area contributed by atoms with Gasteiger partial charge in [0.05, 0.1) is 0 Å². The van der Waals surface area contributed by atoms with Crippen molar-refractivity contribution in [3.8, 4) is 5.75 Å². The predicted molar refractivity (Wildman–Crippen MR) is 103 cm³/mol. The Hall–Kier alpha value is -2.11. The summed E-state index contributed by atoms with van der Waals surface area (Å²) in [4.78, 5) is 9.01. The smallest absolute Gasteiger partial charge is 0.128 e. The van der Waals surface area contributed by atoms with E-state index in [9.17, 15) is 5.11 Å². The molecule has 1 aromatic heterocycles. The van der Waals surface area contributed by atoms with Crippen LogP contribution in [0.4, 0.5) is 5.82 Å². The quantitative estimate of drug-likeness (QED) is 0.862. The molecule has 0 amide bonds. The second-order valence-corrected chi connectivity index (χ2v) is 7.22. The number of benzene rings is 1. The Kier molecular flexibility index (Phi) is 5.37. The summed E-state index contributed by atoms with van der Waals surface area (Å²) in [5.74, 6) is 1.91. The summed E-state index contributed by atoms with van der Waals surface area (Å²) in [5.41, 5.74) is 2.85. The number of nitrogens with zero attached hydrogens (tertiary/aromatic N) is 3. The highest BCUT2D eigenvalue weighted by atomic mass is 16.5. The maximum atomic E-state index is 10.3. The lowest BCUT2D eigenvalue weighted by atomic mass is 10.1. The zero-order chi connectivity index (χ0) is 17.8. The van der Waals surface area contributed by atoms with Crippen LogP contribution in [0.25, 0.3) is 0 Å². The summed E-state index contributed by atoms with van der Waals surface area (Å²) < 4.78 is 5.83. The van der Waals surface area contributed by atoms with Crippen LogP contribution in [0.5, 0.6) is 5.75 Å². The molecule has 5 nitrogen and oxygen atoms in total. The van der Waals surface area contributed by atoms with Crippen LogP contribution in [0.3, 0.4) is 0 Å². The summed E-state index contributed by atoms with van der Waals surface area (Å²) in [6.07, 6.45) is 4.94. The molecule has 1 aromatic carbocycles. The van der Waals surface area contributed by atoms with E-state index >= 15 is 0 Å². The number of anilines is 1. The standard InChI is InChI=1S/C21H27N3O2/c25-19(16-26-20-8-7-17-4-3-5-18(17)14-20)15-23-10-12-24(13-11-23)21-6-1-2-9-22-21/h1-2,6-9,14,19,25H,3-5,10-13,15-16H2/t19-/m0/s1. The number of hydrogen-bond acceptors (Lipinski definition) is 5. The molecule has 1 saturated heterocycles. The van der Waals surface area contributed by atoms with Crippen LogP contribution in [0.1, 0.15) is 17.5 Å². The van der Waals surface area contributed by atoms with E-state index in [1.54, 1.807) is 0 Å². The van der Waals surface area contributed by atoms with E-state index in [0.717, 1.165) is 44.2 Å². The average Bonchev–Trinajstić information content (AvgIpc) is 3.15. The van der Waals surface area contributed by atoms with Crippen molar-refractivity contribution < 1.29 is 9.84 Å². The third-order valence-electron chi connectivity index (χ3n) is 5.33. The van der Waals surface area contributed by atoms with Gasteiger partial charge in [-0.15, -0.1) is 0 Å². The van der Waals surface area contributed by atoms with E-state index in [2.05, 4.69) is 33.0 Å². The maximum absolute atomic E-state index is 10.3. The Bertz CT molecular complexity index is 714. The molecule has 0 bridgehead atoms. The van der Waals surface area contributed by atoms with Crippen LogP contribution in [-0.2, 0) is 12.8 Å². The molecule has 0 saturated carbocycles. The number of fused-ring (bicyclic) bond motifs is 1. The molecule has 26 heavy (non-hydrogen) atoms. The van der Waals surface area contributed by atoms with E-state index < -0.39 is 6.10 Å². The zero-order valence-corrected chi connectivity index (χ0v) is 15.2. The Balaban J connectivity index is 1.21. The first kappa shape index (κ1) is 17.3. The first-order valence-corrected chi connectivity index (χ1v) is 9.59. The van der Waals surface area contributed by atoms with Gasteiger partial charge in [0.2, 0.25) is 0 Å². The van der Waals surface area contributed by atoms with Crippen LogP contribution < -0.4 is 9.64 Å². The van der Waals surface area contributed by atoms with Crippen LogP contribution in [0, 0.1) is 0 Å². The van der Waals surface area contributed by atoms with Crippen molar-refractivity contribution in [1.29, 1.82) is 0 Å². The van der Waals surface area contributed by atoms with Gasteiger partial charge in [0.15, 0.2) is 0 Å². The molecular weight excluding hydrogens is 326 g/mol. The number of aryl methyl sites for hydroxylation is 2. The molecule has 2 aromatic rings. The van der Waals surface area contributed by atoms with E-state index in [-0.39, 0.29) is 0 Å². The number of pyridine rings is 1. The fourth-order valence-electron chi connectivity index (χ4n) is 3.88. The minimum Gasteiger partial charge on any atom is -0.491 e. The highest BCUT2D eigenvalue weighted by molar-refractivity contribution is 5.39. The van der Waals surface area contributed by atoms with Crippen LogP contribution >= 0.6 is 0 Å². The molecule has 0 spiro atoms. The van der Waals surface area contributed by atoms with Gasteiger partial charge in [-0.05, 0) is 54.7 Å². The lowest BCUT2D eigenvalue weighted by Crippen LogP contribution is -2.49. The zero-order valence-electron chi connectivity index (χ0n) is 15.2. The van der Waals surface area contributed by atoms with Gasteiger partial charge in [-0.1, -0.05) is 12.1 Å². The highest BCUT2D eigenvalue weighted by Crippen LogP contribution is 2.26. The van der Waals surface area contributed by atoms with Gasteiger partial charge < -0.3 is 14.7 Å². The Morgan fingerprint density at radius 3 is 2.69 bits per heavy atom. The molecule has 4 rings (SSSR count). The predicted octanol–water partition coefficient (Wildman–Crippen LogP) is 2.13. The first-order valence-electron chi connectivity index (χ1n) is 9.59. The van der Waals surface area contributed by atoms with E-state index in [4.69, 9.17) is 4.74 Å². The number of aliphatic hydroxyl groups is 1. The fraction of sp³-hybridized carbons (Fsp3) is 0.476. The Morgan fingerprint density at radius 2 is 1.88 bits per heavy atom. The maximum Gasteiger partial charge on any atom is 0.128 e. The normalized spacial score (nSPS) is 18.6. The topological polar surface area (TPSA) is 48.8 Å².